The lowest BCUT2D eigenvalue weighted by molar-refractivity contribution is -0.114. The number of carbonyl (C=O) groups excluding carboxylic acids is 1. The van der Waals surface area contributed by atoms with E-state index < -0.39 is 15.9 Å². The van der Waals surface area contributed by atoms with Crippen LogP contribution >= 0.6 is 0 Å². The van der Waals surface area contributed by atoms with E-state index in [0.29, 0.717) is 29.5 Å². The van der Waals surface area contributed by atoms with E-state index in [-0.39, 0.29) is 6.54 Å². The van der Waals surface area contributed by atoms with Gasteiger partial charge < -0.3 is 14.8 Å². The Morgan fingerprint density at radius 3 is 2.12 bits per heavy atom. The van der Waals surface area contributed by atoms with Gasteiger partial charge in [0.1, 0.15) is 18.0 Å². The SMILES string of the molecule is CCOc1ccc(NC(=O)CN(c2ccc(OC)cc2)S(C)(=O)=O)cc1. The molecule has 7 nitrogen and oxygen atoms in total. The zero-order valence-corrected chi connectivity index (χ0v) is 15.7. The number of carbonyl (C=O) groups is 1. The number of amides is 1. The smallest absolute Gasteiger partial charge is 0.245 e. The second-order valence-electron chi connectivity index (χ2n) is 5.47. The van der Waals surface area contributed by atoms with Gasteiger partial charge in [0.25, 0.3) is 0 Å². The number of nitrogens with one attached hydrogen (secondary N) is 1. The molecular formula is C18H22N2O5S. The van der Waals surface area contributed by atoms with E-state index in [1.54, 1.807) is 48.5 Å². The molecule has 0 spiro atoms. The van der Waals surface area contributed by atoms with Gasteiger partial charge in [0.05, 0.1) is 25.7 Å². The van der Waals surface area contributed by atoms with E-state index in [4.69, 9.17) is 9.47 Å². The fourth-order valence-electron chi connectivity index (χ4n) is 2.28. The quantitative estimate of drug-likeness (QED) is 0.763. The molecule has 1 N–H and O–H groups in total. The summed E-state index contributed by atoms with van der Waals surface area (Å²) >= 11 is 0. The number of nitrogens with zero attached hydrogens (tertiary/aromatic N) is 1. The van der Waals surface area contributed by atoms with E-state index in [1.807, 2.05) is 6.92 Å². The van der Waals surface area contributed by atoms with Crippen molar-refractivity contribution >= 4 is 27.3 Å². The third-order valence-electron chi connectivity index (χ3n) is 3.50. The average Bonchev–Trinajstić information content (AvgIpc) is 2.61. The molecule has 140 valence electrons. The van der Waals surface area contributed by atoms with Crippen LogP contribution < -0.4 is 19.1 Å². The molecule has 2 aromatic carbocycles. The molecule has 2 aromatic rings. The van der Waals surface area contributed by atoms with Crippen LogP contribution in [-0.2, 0) is 14.8 Å². The number of hydrogen-bond donors (Lipinski definition) is 1. The van der Waals surface area contributed by atoms with Crippen molar-refractivity contribution in [3.05, 3.63) is 48.5 Å². The van der Waals surface area contributed by atoms with Crippen LogP contribution in [0.2, 0.25) is 0 Å². The van der Waals surface area contributed by atoms with Crippen LogP contribution in [0.1, 0.15) is 6.92 Å². The molecule has 0 unspecified atom stereocenters. The van der Waals surface area contributed by atoms with Gasteiger partial charge in [0.15, 0.2) is 0 Å². The predicted octanol–water partition coefficient (Wildman–Crippen LogP) is 2.50. The number of benzene rings is 2. The van der Waals surface area contributed by atoms with Gasteiger partial charge in [-0.2, -0.15) is 0 Å². The molecule has 0 aliphatic heterocycles. The summed E-state index contributed by atoms with van der Waals surface area (Å²) in [5.41, 5.74) is 0.941. The molecule has 2 rings (SSSR count). The summed E-state index contributed by atoms with van der Waals surface area (Å²) < 4.78 is 35.6. The first-order valence-corrected chi connectivity index (χ1v) is 9.82. The Balaban J connectivity index is 2.11. The second kappa shape index (κ2) is 8.57. The van der Waals surface area contributed by atoms with Gasteiger partial charge in [0.2, 0.25) is 15.9 Å². The molecule has 0 aliphatic carbocycles. The van der Waals surface area contributed by atoms with Gasteiger partial charge in [0, 0.05) is 5.69 Å². The normalized spacial score (nSPS) is 10.9. The van der Waals surface area contributed by atoms with Gasteiger partial charge in [-0.05, 0) is 55.5 Å². The van der Waals surface area contributed by atoms with Gasteiger partial charge in [-0.1, -0.05) is 0 Å². The second-order valence-corrected chi connectivity index (χ2v) is 7.38. The molecule has 0 atom stereocenters. The predicted molar refractivity (Wildman–Crippen MR) is 101 cm³/mol. The fraction of sp³-hybridized carbons (Fsp3) is 0.278. The first-order valence-electron chi connectivity index (χ1n) is 7.98. The zero-order chi connectivity index (χ0) is 19.2. The van der Waals surface area contributed by atoms with Gasteiger partial charge in [-0.15, -0.1) is 0 Å². The lowest BCUT2D eigenvalue weighted by Crippen LogP contribution is -2.37. The molecule has 0 fully saturated rings. The van der Waals surface area contributed by atoms with E-state index in [1.165, 1.54) is 7.11 Å². The maximum absolute atomic E-state index is 12.3. The largest absolute Gasteiger partial charge is 0.497 e. The molecule has 0 aliphatic rings. The lowest BCUT2D eigenvalue weighted by Gasteiger charge is -2.22. The van der Waals surface area contributed by atoms with Crippen LogP contribution in [0.15, 0.2) is 48.5 Å². The molecule has 26 heavy (non-hydrogen) atoms. The van der Waals surface area contributed by atoms with Crippen molar-refractivity contribution in [1.29, 1.82) is 0 Å². The molecule has 0 heterocycles. The van der Waals surface area contributed by atoms with Crippen molar-refractivity contribution in [1.82, 2.24) is 0 Å². The monoisotopic (exact) mass is 378 g/mol. The summed E-state index contributed by atoms with van der Waals surface area (Å²) in [5, 5.41) is 2.68. The van der Waals surface area contributed by atoms with Gasteiger partial charge >= 0.3 is 0 Å². The fourth-order valence-corrected chi connectivity index (χ4v) is 3.14. The lowest BCUT2D eigenvalue weighted by atomic mass is 10.3. The Hall–Kier alpha value is -2.74. The number of hydrogen-bond acceptors (Lipinski definition) is 5. The number of ether oxygens (including phenoxy) is 2. The molecule has 8 heteroatoms. The standard InChI is InChI=1S/C18H22N2O5S/c1-4-25-17-9-5-14(6-10-17)19-18(21)13-20(26(3,22)23)15-7-11-16(24-2)12-8-15/h5-12H,4,13H2,1-3H3,(H,19,21). The van der Waals surface area contributed by atoms with Crippen LogP contribution in [0.5, 0.6) is 11.5 Å². The Morgan fingerprint density at radius 2 is 1.62 bits per heavy atom. The highest BCUT2D eigenvalue weighted by Gasteiger charge is 2.21. The summed E-state index contributed by atoms with van der Waals surface area (Å²) in [6, 6.07) is 13.3. The van der Waals surface area contributed by atoms with E-state index in [0.717, 1.165) is 10.6 Å². The molecular weight excluding hydrogens is 356 g/mol. The summed E-state index contributed by atoms with van der Waals surface area (Å²) in [6.07, 6.45) is 1.06. The van der Waals surface area contributed by atoms with Crippen molar-refractivity contribution < 1.29 is 22.7 Å². The number of sulfonamides is 1. The molecule has 0 bridgehead atoms. The van der Waals surface area contributed by atoms with Crippen molar-refractivity contribution in [3.63, 3.8) is 0 Å². The third kappa shape index (κ3) is 5.38. The van der Waals surface area contributed by atoms with E-state index in [2.05, 4.69) is 5.32 Å². The van der Waals surface area contributed by atoms with Crippen molar-refractivity contribution in [3.8, 4) is 11.5 Å². The van der Waals surface area contributed by atoms with Crippen LogP contribution in [0.4, 0.5) is 11.4 Å². The molecule has 0 radical (unpaired) electrons. The minimum Gasteiger partial charge on any atom is -0.497 e. The van der Waals surface area contributed by atoms with Crippen molar-refractivity contribution in [2.45, 2.75) is 6.92 Å². The topological polar surface area (TPSA) is 84.9 Å². The van der Waals surface area contributed by atoms with Crippen molar-refractivity contribution in [2.24, 2.45) is 0 Å². The highest BCUT2D eigenvalue weighted by atomic mass is 32.2. The number of methoxy groups -OCH3 is 1. The van der Waals surface area contributed by atoms with Gasteiger partial charge in [-0.25, -0.2) is 8.42 Å². The Labute approximate surface area is 153 Å². The maximum atomic E-state index is 12.3. The summed E-state index contributed by atoms with van der Waals surface area (Å²) in [5.74, 6) is 0.845. The number of rotatable bonds is 8. The summed E-state index contributed by atoms with van der Waals surface area (Å²) in [7, 11) is -2.11. The van der Waals surface area contributed by atoms with Crippen molar-refractivity contribution in [2.75, 3.05) is 36.1 Å². The minimum atomic E-state index is -3.63. The highest BCUT2D eigenvalue weighted by Crippen LogP contribution is 2.22. The summed E-state index contributed by atoms with van der Waals surface area (Å²) in [6.45, 7) is 2.10. The molecule has 0 saturated carbocycles. The van der Waals surface area contributed by atoms with E-state index >= 15 is 0 Å². The van der Waals surface area contributed by atoms with Gasteiger partial charge in [-0.3, -0.25) is 9.10 Å². The van der Waals surface area contributed by atoms with E-state index in [9.17, 15) is 13.2 Å². The Morgan fingerprint density at radius 1 is 1.04 bits per heavy atom. The van der Waals surface area contributed by atoms with Crippen LogP contribution in [0.3, 0.4) is 0 Å². The van der Waals surface area contributed by atoms with Crippen LogP contribution in [-0.4, -0.2) is 40.8 Å². The Kier molecular flexibility index (Phi) is 6.46. The van der Waals surface area contributed by atoms with Crippen LogP contribution in [0.25, 0.3) is 0 Å². The number of anilines is 2. The first-order chi connectivity index (χ1) is 12.3. The molecule has 1 amide bonds. The first kappa shape index (κ1) is 19.6. The zero-order valence-electron chi connectivity index (χ0n) is 14.9. The molecule has 0 aromatic heterocycles. The maximum Gasteiger partial charge on any atom is 0.245 e. The minimum absolute atomic E-state index is 0.335. The summed E-state index contributed by atoms with van der Waals surface area (Å²) in [4.78, 5) is 12.3. The average molecular weight is 378 g/mol. The third-order valence-corrected chi connectivity index (χ3v) is 4.64. The highest BCUT2D eigenvalue weighted by molar-refractivity contribution is 7.92. The van der Waals surface area contributed by atoms with Crippen LogP contribution in [0, 0.1) is 0 Å². The molecule has 0 saturated heterocycles. The Bertz CT molecular complexity index is 833.